The van der Waals surface area contributed by atoms with Crippen molar-refractivity contribution in [3.05, 3.63) is 0 Å². The van der Waals surface area contributed by atoms with Gasteiger partial charge >= 0.3 is 0 Å². The number of likely N-dealkylation sites (tertiary alicyclic amines) is 1. The molecule has 1 fully saturated rings. The first kappa shape index (κ1) is 13.0. The van der Waals surface area contributed by atoms with Crippen molar-refractivity contribution in [1.82, 2.24) is 10.2 Å². The first-order valence-electron chi connectivity index (χ1n) is 5.78. The van der Waals surface area contributed by atoms with Gasteiger partial charge in [0, 0.05) is 6.04 Å². The molecule has 1 amide bonds. The molecule has 0 aromatic rings. The van der Waals surface area contributed by atoms with Crippen molar-refractivity contribution in [2.75, 3.05) is 19.7 Å². The molecule has 2 N–H and O–H groups in total. The molecule has 0 bridgehead atoms. The Bertz CT molecular complexity index is 273. The molecule has 2 unspecified atom stereocenters. The van der Waals surface area contributed by atoms with Gasteiger partial charge in [-0.15, -0.1) is 6.42 Å². The van der Waals surface area contributed by atoms with E-state index in [4.69, 9.17) is 6.42 Å². The number of aliphatic hydroxyl groups excluding tert-OH is 1. The van der Waals surface area contributed by atoms with Crippen LogP contribution in [-0.2, 0) is 4.79 Å². The number of hydrogen-bond donors (Lipinski definition) is 2. The van der Waals surface area contributed by atoms with E-state index in [0.29, 0.717) is 0 Å². The second-order valence-corrected chi connectivity index (χ2v) is 4.17. The number of carbonyl (C=O) groups excluding carboxylic acids is 1. The van der Waals surface area contributed by atoms with Crippen molar-refractivity contribution in [1.29, 1.82) is 0 Å². The molecular weight excluding hydrogens is 204 g/mol. The summed E-state index contributed by atoms with van der Waals surface area (Å²) in [4.78, 5) is 13.8. The summed E-state index contributed by atoms with van der Waals surface area (Å²) >= 11 is 0. The molecule has 16 heavy (non-hydrogen) atoms. The fourth-order valence-electron chi connectivity index (χ4n) is 2.17. The topological polar surface area (TPSA) is 52.6 Å². The molecule has 1 heterocycles. The number of carbonyl (C=O) groups is 1. The Balaban J connectivity index is 2.53. The fourth-order valence-corrected chi connectivity index (χ4v) is 2.17. The molecule has 0 saturated carbocycles. The van der Waals surface area contributed by atoms with Crippen LogP contribution in [0.25, 0.3) is 0 Å². The molecule has 4 nitrogen and oxygen atoms in total. The number of nitrogens with zero attached hydrogens (tertiary/aromatic N) is 1. The van der Waals surface area contributed by atoms with Gasteiger partial charge in [0.1, 0.15) is 0 Å². The molecule has 1 saturated heterocycles. The van der Waals surface area contributed by atoms with Gasteiger partial charge < -0.3 is 10.4 Å². The third-order valence-corrected chi connectivity index (χ3v) is 3.13. The number of amides is 1. The minimum atomic E-state index is -0.217. The number of aliphatic hydroxyl groups is 1. The lowest BCUT2D eigenvalue weighted by Crippen LogP contribution is -2.52. The summed E-state index contributed by atoms with van der Waals surface area (Å²) < 4.78 is 0. The predicted molar refractivity (Wildman–Crippen MR) is 62.7 cm³/mol. The summed E-state index contributed by atoms with van der Waals surface area (Å²) in [5.74, 6) is 2.32. The van der Waals surface area contributed by atoms with Crippen LogP contribution in [0.5, 0.6) is 0 Å². The highest BCUT2D eigenvalue weighted by Gasteiger charge is 2.29. The summed E-state index contributed by atoms with van der Waals surface area (Å²) in [5.41, 5.74) is 0. The van der Waals surface area contributed by atoms with Crippen molar-refractivity contribution < 1.29 is 9.90 Å². The average molecular weight is 224 g/mol. The van der Waals surface area contributed by atoms with E-state index >= 15 is 0 Å². The predicted octanol–water partition coefficient (Wildman–Crippen LogP) is -0.0289. The molecule has 90 valence electrons. The van der Waals surface area contributed by atoms with Crippen LogP contribution in [0.4, 0.5) is 0 Å². The van der Waals surface area contributed by atoms with Gasteiger partial charge in [-0.3, -0.25) is 9.69 Å². The Morgan fingerprint density at radius 2 is 2.44 bits per heavy atom. The van der Waals surface area contributed by atoms with Crippen molar-refractivity contribution in [3.8, 4) is 12.3 Å². The minimum Gasteiger partial charge on any atom is -0.395 e. The standard InChI is InChI=1S/C12H20N2O2/c1-3-7-13-12(16)10(2)14-8-5-4-6-11(14)9-15/h1,10-11,15H,4-9H2,2H3,(H,13,16). The summed E-state index contributed by atoms with van der Waals surface area (Å²) in [6.45, 7) is 3.11. The number of piperidine rings is 1. The van der Waals surface area contributed by atoms with Gasteiger partial charge in [-0.25, -0.2) is 0 Å². The number of rotatable bonds is 4. The van der Waals surface area contributed by atoms with E-state index in [1.807, 2.05) is 6.92 Å². The first-order chi connectivity index (χ1) is 7.70. The molecule has 4 heteroatoms. The zero-order chi connectivity index (χ0) is 12.0. The van der Waals surface area contributed by atoms with E-state index in [0.717, 1.165) is 25.8 Å². The Kier molecular flexibility index (Phi) is 5.30. The molecule has 2 atom stereocenters. The normalized spacial score (nSPS) is 23.4. The van der Waals surface area contributed by atoms with Gasteiger partial charge in [0.25, 0.3) is 0 Å². The summed E-state index contributed by atoms with van der Waals surface area (Å²) in [7, 11) is 0. The van der Waals surface area contributed by atoms with Crippen LogP contribution in [0.1, 0.15) is 26.2 Å². The van der Waals surface area contributed by atoms with E-state index in [-0.39, 0.29) is 31.1 Å². The minimum absolute atomic E-state index is 0.0571. The van der Waals surface area contributed by atoms with Crippen LogP contribution in [0, 0.1) is 12.3 Å². The van der Waals surface area contributed by atoms with Crippen LogP contribution in [0.2, 0.25) is 0 Å². The van der Waals surface area contributed by atoms with Crippen molar-refractivity contribution in [2.24, 2.45) is 0 Å². The lowest BCUT2D eigenvalue weighted by Gasteiger charge is -2.38. The second-order valence-electron chi connectivity index (χ2n) is 4.17. The van der Waals surface area contributed by atoms with Crippen LogP contribution in [0.3, 0.4) is 0 Å². The molecule has 0 aromatic heterocycles. The summed E-state index contributed by atoms with van der Waals surface area (Å²) in [5, 5.41) is 11.9. The quantitative estimate of drug-likeness (QED) is 0.659. The molecule has 0 aromatic carbocycles. The molecular formula is C12H20N2O2. The molecule has 0 radical (unpaired) electrons. The van der Waals surface area contributed by atoms with Gasteiger partial charge in [-0.2, -0.15) is 0 Å². The summed E-state index contributed by atoms with van der Waals surface area (Å²) in [6.07, 6.45) is 8.26. The largest absolute Gasteiger partial charge is 0.395 e. The molecule has 1 rings (SSSR count). The van der Waals surface area contributed by atoms with Crippen molar-refractivity contribution >= 4 is 5.91 Å². The van der Waals surface area contributed by atoms with E-state index in [2.05, 4.69) is 16.1 Å². The average Bonchev–Trinajstić information content (AvgIpc) is 2.34. The van der Waals surface area contributed by atoms with E-state index in [9.17, 15) is 9.90 Å². The van der Waals surface area contributed by atoms with Crippen molar-refractivity contribution in [3.63, 3.8) is 0 Å². The van der Waals surface area contributed by atoms with Crippen molar-refractivity contribution in [2.45, 2.75) is 38.3 Å². The highest BCUT2D eigenvalue weighted by atomic mass is 16.3. The maximum Gasteiger partial charge on any atom is 0.237 e. The monoisotopic (exact) mass is 224 g/mol. The molecule has 1 aliphatic heterocycles. The lowest BCUT2D eigenvalue weighted by molar-refractivity contribution is -0.127. The maximum absolute atomic E-state index is 11.7. The van der Waals surface area contributed by atoms with Crippen LogP contribution < -0.4 is 5.32 Å². The van der Waals surface area contributed by atoms with E-state index in [1.165, 1.54) is 0 Å². The Morgan fingerprint density at radius 1 is 1.69 bits per heavy atom. The second kappa shape index (κ2) is 6.51. The molecule has 0 spiro atoms. The fraction of sp³-hybridized carbons (Fsp3) is 0.750. The van der Waals surface area contributed by atoms with Gasteiger partial charge in [-0.05, 0) is 26.3 Å². The van der Waals surface area contributed by atoms with Gasteiger partial charge in [0.2, 0.25) is 5.91 Å². The summed E-state index contributed by atoms with van der Waals surface area (Å²) in [6, 6.07) is -0.105. The Labute approximate surface area is 97.0 Å². The third-order valence-electron chi connectivity index (χ3n) is 3.13. The maximum atomic E-state index is 11.7. The van der Waals surface area contributed by atoms with Gasteiger partial charge in [0.15, 0.2) is 0 Å². The molecule has 0 aliphatic carbocycles. The SMILES string of the molecule is C#CCNC(=O)C(C)N1CCCCC1CO. The highest BCUT2D eigenvalue weighted by molar-refractivity contribution is 5.81. The first-order valence-corrected chi connectivity index (χ1v) is 5.78. The van der Waals surface area contributed by atoms with E-state index in [1.54, 1.807) is 0 Å². The highest BCUT2D eigenvalue weighted by Crippen LogP contribution is 2.19. The van der Waals surface area contributed by atoms with Gasteiger partial charge in [-0.1, -0.05) is 12.3 Å². The number of terminal acetylenes is 1. The Morgan fingerprint density at radius 3 is 3.06 bits per heavy atom. The zero-order valence-electron chi connectivity index (χ0n) is 9.78. The Hall–Kier alpha value is -1.05. The van der Waals surface area contributed by atoms with Crippen LogP contribution >= 0.6 is 0 Å². The molecule has 1 aliphatic rings. The number of hydrogen-bond acceptors (Lipinski definition) is 3. The van der Waals surface area contributed by atoms with Crippen LogP contribution in [-0.4, -0.2) is 47.7 Å². The smallest absolute Gasteiger partial charge is 0.237 e. The van der Waals surface area contributed by atoms with Gasteiger partial charge in [0.05, 0.1) is 19.2 Å². The van der Waals surface area contributed by atoms with E-state index < -0.39 is 0 Å². The lowest BCUT2D eigenvalue weighted by atomic mass is 10.0. The zero-order valence-corrected chi connectivity index (χ0v) is 9.78. The third kappa shape index (κ3) is 3.22. The van der Waals surface area contributed by atoms with Crippen LogP contribution in [0.15, 0.2) is 0 Å². The number of nitrogens with one attached hydrogen (secondary N) is 1.